The Bertz CT molecular complexity index is 575. The van der Waals surface area contributed by atoms with Crippen molar-refractivity contribution in [2.24, 2.45) is 11.3 Å². The number of carbonyl (C=O) groups is 1. The van der Waals surface area contributed by atoms with Crippen LogP contribution in [0.15, 0.2) is 0 Å². The molecule has 1 heterocycles. The maximum atomic E-state index is 12.1. The number of thiophene rings is 1. The van der Waals surface area contributed by atoms with E-state index in [4.69, 9.17) is 0 Å². The van der Waals surface area contributed by atoms with Crippen molar-refractivity contribution in [3.8, 4) is 6.07 Å². The van der Waals surface area contributed by atoms with Gasteiger partial charge >= 0.3 is 0 Å². The summed E-state index contributed by atoms with van der Waals surface area (Å²) in [4.78, 5) is 13.4. The second-order valence-electron chi connectivity index (χ2n) is 7.12. The lowest BCUT2D eigenvalue weighted by molar-refractivity contribution is -0.117. The number of nitriles is 1. The molecule has 0 radical (unpaired) electrons. The van der Waals surface area contributed by atoms with Crippen LogP contribution in [0, 0.1) is 22.7 Å². The van der Waals surface area contributed by atoms with Crippen LogP contribution in [-0.4, -0.2) is 5.91 Å². The molecule has 3 nitrogen and oxygen atoms in total. The zero-order chi connectivity index (χ0) is 15.6. The number of nitrogens with zero attached hydrogens (tertiary/aromatic N) is 1. The monoisotopic (exact) mass is 304 g/mol. The van der Waals surface area contributed by atoms with Crippen LogP contribution < -0.4 is 5.32 Å². The standard InChI is InChI=1S/C17H24N2OS/c1-5-11-6-7-12-13(10-18)16(21-14(12)8-11)19-15(20)9-17(2,3)4/h11H,5-9H2,1-4H3,(H,19,20)/t11-/m1/s1. The van der Waals surface area contributed by atoms with Gasteiger partial charge in [-0.2, -0.15) is 5.26 Å². The van der Waals surface area contributed by atoms with E-state index in [9.17, 15) is 10.1 Å². The molecular weight excluding hydrogens is 280 g/mol. The smallest absolute Gasteiger partial charge is 0.225 e. The maximum Gasteiger partial charge on any atom is 0.225 e. The van der Waals surface area contributed by atoms with Crippen molar-refractivity contribution in [2.75, 3.05) is 5.32 Å². The minimum Gasteiger partial charge on any atom is -0.317 e. The molecule has 1 aromatic heterocycles. The number of hydrogen-bond donors (Lipinski definition) is 1. The van der Waals surface area contributed by atoms with Crippen molar-refractivity contribution in [2.45, 2.75) is 59.8 Å². The Kier molecular flexibility index (Phi) is 4.73. The predicted molar refractivity (Wildman–Crippen MR) is 87.5 cm³/mol. The van der Waals surface area contributed by atoms with Gasteiger partial charge < -0.3 is 5.32 Å². The SMILES string of the molecule is CC[C@@H]1CCc2c(sc(NC(=O)CC(C)(C)C)c2C#N)C1. The van der Waals surface area contributed by atoms with Crippen LogP contribution >= 0.6 is 11.3 Å². The molecule has 0 saturated carbocycles. The number of amides is 1. The average Bonchev–Trinajstić information content (AvgIpc) is 2.71. The molecular formula is C17H24N2OS. The molecule has 114 valence electrons. The van der Waals surface area contributed by atoms with E-state index in [0.717, 1.165) is 30.2 Å². The van der Waals surface area contributed by atoms with Gasteiger partial charge in [-0.1, -0.05) is 34.1 Å². The summed E-state index contributed by atoms with van der Waals surface area (Å²) in [6, 6.07) is 2.30. The molecule has 1 atom stereocenters. The van der Waals surface area contributed by atoms with E-state index in [2.05, 4.69) is 18.3 Å². The molecule has 0 fully saturated rings. The Morgan fingerprint density at radius 3 is 2.76 bits per heavy atom. The summed E-state index contributed by atoms with van der Waals surface area (Å²) in [5, 5.41) is 13.2. The summed E-state index contributed by atoms with van der Waals surface area (Å²) < 4.78 is 0. The van der Waals surface area contributed by atoms with Crippen molar-refractivity contribution in [1.29, 1.82) is 5.26 Å². The van der Waals surface area contributed by atoms with Crippen LogP contribution in [0.4, 0.5) is 5.00 Å². The lowest BCUT2D eigenvalue weighted by Gasteiger charge is -2.20. The maximum absolute atomic E-state index is 12.1. The highest BCUT2D eigenvalue weighted by molar-refractivity contribution is 7.16. The lowest BCUT2D eigenvalue weighted by atomic mass is 9.86. The molecule has 0 bridgehead atoms. The highest BCUT2D eigenvalue weighted by Gasteiger charge is 2.26. The fraction of sp³-hybridized carbons (Fsp3) is 0.647. The first-order valence-electron chi connectivity index (χ1n) is 7.68. The van der Waals surface area contributed by atoms with Gasteiger partial charge in [0, 0.05) is 11.3 Å². The highest BCUT2D eigenvalue weighted by atomic mass is 32.1. The molecule has 1 amide bonds. The summed E-state index contributed by atoms with van der Waals surface area (Å²) in [7, 11) is 0. The van der Waals surface area contributed by atoms with Crippen LogP contribution in [0.5, 0.6) is 0 Å². The van der Waals surface area contributed by atoms with E-state index < -0.39 is 0 Å². The van der Waals surface area contributed by atoms with Gasteiger partial charge in [0.2, 0.25) is 5.91 Å². The third kappa shape index (κ3) is 3.85. The van der Waals surface area contributed by atoms with E-state index in [1.807, 2.05) is 20.8 Å². The van der Waals surface area contributed by atoms with Crippen LogP contribution in [-0.2, 0) is 17.6 Å². The van der Waals surface area contributed by atoms with Crippen LogP contribution in [0.2, 0.25) is 0 Å². The predicted octanol–water partition coefficient (Wildman–Crippen LogP) is 4.51. The Balaban J connectivity index is 2.20. The van der Waals surface area contributed by atoms with Crippen molar-refractivity contribution in [3.63, 3.8) is 0 Å². The first-order chi connectivity index (χ1) is 9.84. The summed E-state index contributed by atoms with van der Waals surface area (Å²) in [6.07, 6.45) is 4.84. The molecule has 0 unspecified atom stereocenters. The van der Waals surface area contributed by atoms with Crippen LogP contribution in [0.3, 0.4) is 0 Å². The number of hydrogen-bond acceptors (Lipinski definition) is 3. The molecule has 0 spiro atoms. The quantitative estimate of drug-likeness (QED) is 0.893. The zero-order valence-corrected chi connectivity index (χ0v) is 14.2. The summed E-state index contributed by atoms with van der Waals surface area (Å²) in [5.74, 6) is 0.727. The van der Waals surface area contributed by atoms with Gasteiger partial charge in [-0.25, -0.2) is 0 Å². The molecule has 1 aliphatic carbocycles. The topological polar surface area (TPSA) is 52.9 Å². The largest absolute Gasteiger partial charge is 0.317 e. The number of nitrogens with one attached hydrogen (secondary N) is 1. The van der Waals surface area contributed by atoms with Crippen LogP contribution in [0.25, 0.3) is 0 Å². The Morgan fingerprint density at radius 1 is 1.48 bits per heavy atom. The summed E-state index contributed by atoms with van der Waals surface area (Å²) >= 11 is 1.61. The highest BCUT2D eigenvalue weighted by Crippen LogP contribution is 2.40. The minimum absolute atomic E-state index is 0.00429. The van der Waals surface area contributed by atoms with Crippen molar-refractivity contribution in [1.82, 2.24) is 0 Å². The average molecular weight is 304 g/mol. The van der Waals surface area contributed by atoms with Gasteiger partial charge in [-0.05, 0) is 36.2 Å². The van der Waals surface area contributed by atoms with E-state index in [1.165, 1.54) is 16.9 Å². The van der Waals surface area contributed by atoms with E-state index in [-0.39, 0.29) is 11.3 Å². The second-order valence-corrected chi connectivity index (χ2v) is 8.23. The van der Waals surface area contributed by atoms with E-state index >= 15 is 0 Å². The Labute approximate surface area is 131 Å². The second kappa shape index (κ2) is 6.19. The van der Waals surface area contributed by atoms with Gasteiger partial charge in [-0.3, -0.25) is 4.79 Å². The van der Waals surface area contributed by atoms with Gasteiger partial charge in [-0.15, -0.1) is 11.3 Å². The Morgan fingerprint density at radius 2 is 2.19 bits per heavy atom. The molecule has 1 aliphatic rings. The Hall–Kier alpha value is -1.34. The zero-order valence-electron chi connectivity index (χ0n) is 13.4. The van der Waals surface area contributed by atoms with E-state index in [0.29, 0.717) is 12.0 Å². The van der Waals surface area contributed by atoms with Crippen molar-refractivity contribution < 1.29 is 4.79 Å². The molecule has 21 heavy (non-hydrogen) atoms. The fourth-order valence-electron chi connectivity index (χ4n) is 2.86. The number of fused-ring (bicyclic) bond motifs is 1. The first-order valence-corrected chi connectivity index (χ1v) is 8.50. The van der Waals surface area contributed by atoms with Gasteiger partial charge in [0.15, 0.2) is 0 Å². The molecule has 4 heteroatoms. The summed E-state index contributed by atoms with van der Waals surface area (Å²) in [6.45, 7) is 8.36. The third-order valence-corrected chi connectivity index (χ3v) is 5.17. The number of carbonyl (C=O) groups excluding carboxylic acids is 1. The minimum atomic E-state index is -0.0406. The normalized spacial score (nSPS) is 18.0. The molecule has 1 N–H and O–H groups in total. The summed E-state index contributed by atoms with van der Waals surface area (Å²) in [5.41, 5.74) is 1.84. The number of rotatable bonds is 3. The molecule has 0 saturated heterocycles. The molecule has 0 aliphatic heterocycles. The van der Waals surface area contributed by atoms with Crippen molar-refractivity contribution in [3.05, 3.63) is 16.0 Å². The number of anilines is 1. The van der Waals surface area contributed by atoms with Gasteiger partial charge in [0.05, 0.1) is 5.56 Å². The van der Waals surface area contributed by atoms with Crippen molar-refractivity contribution >= 4 is 22.2 Å². The fourth-order valence-corrected chi connectivity index (χ4v) is 4.19. The molecule has 2 rings (SSSR count). The first kappa shape index (κ1) is 16.0. The van der Waals surface area contributed by atoms with Gasteiger partial charge in [0.1, 0.15) is 11.1 Å². The van der Waals surface area contributed by atoms with Crippen LogP contribution in [0.1, 0.15) is 63.0 Å². The lowest BCUT2D eigenvalue weighted by Crippen LogP contribution is -2.19. The van der Waals surface area contributed by atoms with E-state index in [1.54, 1.807) is 11.3 Å². The third-order valence-electron chi connectivity index (χ3n) is 4.00. The molecule has 1 aromatic rings. The van der Waals surface area contributed by atoms with Gasteiger partial charge in [0.25, 0.3) is 0 Å². The molecule has 0 aromatic carbocycles.